The first-order chi connectivity index (χ1) is 14.9. The van der Waals surface area contributed by atoms with E-state index in [2.05, 4.69) is 35.1 Å². The summed E-state index contributed by atoms with van der Waals surface area (Å²) in [5.74, 6) is 0.156. The summed E-state index contributed by atoms with van der Waals surface area (Å²) in [4.78, 5) is 26.2. The minimum Gasteiger partial charge on any atom is -0.482 e. The zero-order chi connectivity index (χ0) is 22.4. The third-order valence-electron chi connectivity index (χ3n) is 5.90. The van der Waals surface area contributed by atoms with Crippen molar-refractivity contribution in [1.82, 2.24) is 10.2 Å². The van der Waals surface area contributed by atoms with Gasteiger partial charge in [0.25, 0.3) is 5.91 Å². The van der Waals surface area contributed by atoms with E-state index in [1.165, 1.54) is 11.6 Å². The Morgan fingerprint density at radius 3 is 2.65 bits per heavy atom. The molecule has 0 unspecified atom stereocenters. The molecule has 2 heterocycles. The lowest BCUT2D eigenvalue weighted by molar-refractivity contribution is -0.124. The lowest BCUT2D eigenvalue weighted by atomic mass is 9.96. The minimum absolute atomic E-state index is 0.139. The monoisotopic (exact) mass is 446 g/mol. The minimum atomic E-state index is -0.729. The smallest absolute Gasteiger partial charge is 0.316 e. The first-order valence-corrected chi connectivity index (χ1v) is 11.1. The van der Waals surface area contributed by atoms with Crippen LogP contribution in [0.2, 0.25) is 5.02 Å². The second-order valence-corrected chi connectivity index (χ2v) is 8.54. The standard InChI is InChI=1S/C23H31ClN4O3/c1-3-5-15(4-2)13-28-18-7-8-19(28)12-17(11-18)26-22(29)14-31-21-9-6-16(24)10-20(21)27-23(25)30/h4-6,9-10,17-19H,2-3,7-8,11-14H2,1H3,(H,26,29)(H3,25,27,30)/b15-5+/t17-,18-,19+. The van der Waals surface area contributed by atoms with Crippen molar-refractivity contribution >= 4 is 29.2 Å². The molecule has 2 saturated heterocycles. The maximum absolute atomic E-state index is 12.5. The van der Waals surface area contributed by atoms with E-state index in [0.29, 0.717) is 28.5 Å². The van der Waals surface area contributed by atoms with E-state index in [1.54, 1.807) is 12.1 Å². The van der Waals surface area contributed by atoms with E-state index in [0.717, 1.165) is 38.6 Å². The summed E-state index contributed by atoms with van der Waals surface area (Å²) < 4.78 is 5.61. The van der Waals surface area contributed by atoms with Crippen LogP contribution in [0.25, 0.3) is 0 Å². The second-order valence-electron chi connectivity index (χ2n) is 8.10. The Morgan fingerprint density at radius 1 is 1.32 bits per heavy atom. The number of primary amides is 1. The molecule has 3 atom stereocenters. The number of carbonyl (C=O) groups excluding carboxylic acids is 2. The maximum atomic E-state index is 12.5. The number of nitrogens with two attached hydrogens (primary N) is 1. The van der Waals surface area contributed by atoms with Gasteiger partial charge in [-0.05, 0) is 55.9 Å². The highest BCUT2D eigenvalue weighted by atomic mass is 35.5. The van der Waals surface area contributed by atoms with Gasteiger partial charge in [0.05, 0.1) is 5.69 Å². The molecule has 1 aromatic carbocycles. The number of hydrogen-bond donors (Lipinski definition) is 3. The van der Waals surface area contributed by atoms with Gasteiger partial charge in [-0.3, -0.25) is 9.69 Å². The number of benzene rings is 1. The van der Waals surface area contributed by atoms with Gasteiger partial charge in [-0.15, -0.1) is 0 Å². The Kier molecular flexibility index (Phi) is 7.98. The van der Waals surface area contributed by atoms with Crippen molar-refractivity contribution in [2.45, 2.75) is 57.2 Å². The molecule has 2 fully saturated rings. The van der Waals surface area contributed by atoms with Crippen molar-refractivity contribution in [2.75, 3.05) is 18.5 Å². The van der Waals surface area contributed by atoms with Crippen LogP contribution in [0.5, 0.6) is 5.75 Å². The third-order valence-corrected chi connectivity index (χ3v) is 6.14. The van der Waals surface area contributed by atoms with Crippen LogP contribution in [-0.4, -0.2) is 48.1 Å². The number of allylic oxidation sites excluding steroid dienone is 1. The number of halogens is 1. The van der Waals surface area contributed by atoms with Crippen LogP contribution in [0.3, 0.4) is 0 Å². The van der Waals surface area contributed by atoms with Gasteiger partial charge >= 0.3 is 6.03 Å². The number of nitrogens with zero attached hydrogens (tertiary/aromatic N) is 1. The molecule has 2 aliphatic rings. The van der Waals surface area contributed by atoms with Gasteiger partial charge in [0.2, 0.25) is 0 Å². The van der Waals surface area contributed by atoms with Gasteiger partial charge in [0.15, 0.2) is 6.61 Å². The van der Waals surface area contributed by atoms with Crippen LogP contribution in [-0.2, 0) is 4.79 Å². The number of anilines is 1. The van der Waals surface area contributed by atoms with Gasteiger partial charge in [0, 0.05) is 29.7 Å². The van der Waals surface area contributed by atoms with Crippen molar-refractivity contribution < 1.29 is 14.3 Å². The normalized spacial score (nSPS) is 23.3. The summed E-state index contributed by atoms with van der Waals surface area (Å²) in [5.41, 5.74) is 6.79. The number of nitrogens with one attached hydrogen (secondary N) is 2. The quantitative estimate of drug-likeness (QED) is 0.502. The summed E-state index contributed by atoms with van der Waals surface area (Å²) >= 11 is 5.96. The predicted octanol–water partition coefficient (Wildman–Crippen LogP) is 3.84. The van der Waals surface area contributed by atoms with Crippen LogP contribution in [0.4, 0.5) is 10.5 Å². The third kappa shape index (κ3) is 6.24. The average molecular weight is 447 g/mol. The second kappa shape index (κ2) is 10.7. The molecule has 0 aliphatic carbocycles. The molecular formula is C23H31ClN4O3. The fourth-order valence-corrected chi connectivity index (χ4v) is 4.78. The van der Waals surface area contributed by atoms with Crippen LogP contribution in [0, 0.1) is 0 Å². The highest BCUT2D eigenvalue weighted by Crippen LogP contribution is 2.36. The number of piperidine rings is 1. The van der Waals surface area contributed by atoms with E-state index in [4.69, 9.17) is 22.1 Å². The molecule has 0 aromatic heterocycles. The Bertz CT molecular complexity index is 843. The number of hydrogen-bond acceptors (Lipinski definition) is 4. The van der Waals surface area contributed by atoms with E-state index >= 15 is 0 Å². The largest absolute Gasteiger partial charge is 0.482 e. The van der Waals surface area contributed by atoms with Gasteiger partial charge in [-0.1, -0.05) is 37.3 Å². The molecule has 3 amide bonds. The molecular weight excluding hydrogens is 416 g/mol. The summed E-state index contributed by atoms with van der Waals surface area (Å²) in [6, 6.07) is 5.12. The highest BCUT2D eigenvalue weighted by molar-refractivity contribution is 6.31. The topological polar surface area (TPSA) is 96.7 Å². The number of ether oxygens (including phenoxy) is 1. The first kappa shape index (κ1) is 23.2. The van der Waals surface area contributed by atoms with Crippen molar-refractivity contribution in [3.63, 3.8) is 0 Å². The van der Waals surface area contributed by atoms with Crippen molar-refractivity contribution in [1.29, 1.82) is 0 Å². The van der Waals surface area contributed by atoms with Gasteiger partial charge in [-0.25, -0.2) is 4.79 Å². The van der Waals surface area contributed by atoms with Gasteiger partial charge in [-0.2, -0.15) is 0 Å². The van der Waals surface area contributed by atoms with E-state index in [-0.39, 0.29) is 18.6 Å². The van der Waals surface area contributed by atoms with Crippen LogP contribution < -0.4 is 21.1 Å². The van der Waals surface area contributed by atoms with E-state index < -0.39 is 6.03 Å². The van der Waals surface area contributed by atoms with Gasteiger partial charge in [0.1, 0.15) is 5.75 Å². The fraction of sp³-hybridized carbons (Fsp3) is 0.478. The molecule has 168 valence electrons. The summed E-state index contributed by atoms with van der Waals surface area (Å²) in [6.45, 7) is 6.86. The van der Waals surface area contributed by atoms with Gasteiger partial charge < -0.3 is 21.1 Å². The van der Waals surface area contributed by atoms with Crippen molar-refractivity contribution in [3.05, 3.63) is 47.5 Å². The Hall–Kier alpha value is -2.51. The molecule has 8 heteroatoms. The number of fused-ring (bicyclic) bond motifs is 2. The molecule has 2 bridgehead atoms. The molecule has 0 saturated carbocycles. The SMILES string of the molecule is C=C/C(=C\CC)CN1[C@@H]2CC[C@H]1C[C@H](NC(=O)COc1ccc(Cl)cc1NC(N)=O)C2. The zero-order valence-electron chi connectivity index (χ0n) is 17.9. The lowest BCUT2D eigenvalue weighted by Crippen LogP contribution is -2.51. The molecule has 31 heavy (non-hydrogen) atoms. The molecule has 7 nitrogen and oxygen atoms in total. The van der Waals surface area contributed by atoms with E-state index in [9.17, 15) is 9.59 Å². The Balaban J connectivity index is 1.52. The van der Waals surface area contributed by atoms with Crippen LogP contribution in [0.15, 0.2) is 42.5 Å². The number of urea groups is 1. The Labute approximate surface area is 188 Å². The van der Waals surface area contributed by atoms with Crippen LogP contribution in [0.1, 0.15) is 39.0 Å². The summed E-state index contributed by atoms with van der Waals surface area (Å²) in [5, 5.41) is 5.99. The fourth-order valence-electron chi connectivity index (χ4n) is 4.61. The summed E-state index contributed by atoms with van der Waals surface area (Å²) in [7, 11) is 0. The number of rotatable bonds is 9. The van der Waals surface area contributed by atoms with Crippen molar-refractivity contribution in [3.8, 4) is 5.75 Å². The highest BCUT2D eigenvalue weighted by Gasteiger charge is 2.40. The number of amides is 3. The average Bonchev–Trinajstić information content (AvgIpc) is 2.94. The molecule has 0 radical (unpaired) electrons. The summed E-state index contributed by atoms with van der Waals surface area (Å²) in [6.07, 6.45) is 9.39. The van der Waals surface area contributed by atoms with Crippen LogP contribution >= 0.6 is 11.6 Å². The molecule has 2 aliphatic heterocycles. The van der Waals surface area contributed by atoms with Crippen molar-refractivity contribution in [2.24, 2.45) is 5.73 Å². The zero-order valence-corrected chi connectivity index (χ0v) is 18.7. The predicted molar refractivity (Wildman–Crippen MR) is 123 cm³/mol. The molecule has 0 spiro atoms. The maximum Gasteiger partial charge on any atom is 0.316 e. The number of carbonyl (C=O) groups is 2. The molecule has 1 aromatic rings. The Morgan fingerprint density at radius 2 is 2.03 bits per heavy atom. The molecule has 4 N–H and O–H groups in total. The molecule has 3 rings (SSSR count). The lowest BCUT2D eigenvalue weighted by Gasteiger charge is -2.39. The first-order valence-electron chi connectivity index (χ1n) is 10.7. The van der Waals surface area contributed by atoms with E-state index in [1.807, 2.05) is 6.08 Å².